The maximum Gasteiger partial charge on any atom is 0.293 e. The van der Waals surface area contributed by atoms with Crippen molar-refractivity contribution in [3.63, 3.8) is 0 Å². The highest BCUT2D eigenvalue weighted by Gasteiger charge is 2.29. The highest BCUT2D eigenvalue weighted by Crippen LogP contribution is 2.35. The fraction of sp³-hybridized carbons (Fsp3) is 0.294. The molecule has 1 aliphatic rings. The van der Waals surface area contributed by atoms with Gasteiger partial charge < -0.3 is 9.64 Å². The number of sulfonamides is 1. The molecule has 144 valence electrons. The molecule has 0 spiro atoms. The van der Waals surface area contributed by atoms with Gasteiger partial charge in [0.05, 0.1) is 16.4 Å². The van der Waals surface area contributed by atoms with Crippen LogP contribution in [0.15, 0.2) is 47.4 Å². The molecule has 0 aromatic heterocycles. The molecule has 1 atom stereocenters. The highest BCUT2D eigenvalue weighted by molar-refractivity contribution is 7.89. The van der Waals surface area contributed by atoms with E-state index in [9.17, 15) is 18.5 Å². The van der Waals surface area contributed by atoms with Crippen LogP contribution in [0.3, 0.4) is 0 Å². The van der Waals surface area contributed by atoms with Gasteiger partial charge in [0.1, 0.15) is 11.8 Å². The quantitative estimate of drug-likeness (QED) is 0.599. The monoisotopic (exact) mass is 411 g/mol. The Hall–Kier alpha value is -2.20. The third-order valence-electron chi connectivity index (χ3n) is 4.38. The van der Waals surface area contributed by atoms with E-state index in [1.807, 2.05) is 23.1 Å². The average molecular weight is 412 g/mol. The molecule has 2 aromatic rings. The molecule has 27 heavy (non-hydrogen) atoms. The van der Waals surface area contributed by atoms with E-state index in [4.69, 9.17) is 16.3 Å². The number of benzene rings is 2. The van der Waals surface area contributed by atoms with Crippen molar-refractivity contribution in [2.45, 2.75) is 11.0 Å². The molecule has 1 unspecified atom stereocenters. The number of ether oxygens (including phenoxy) is 1. The van der Waals surface area contributed by atoms with Crippen LogP contribution in [-0.2, 0) is 14.8 Å². The van der Waals surface area contributed by atoms with Gasteiger partial charge in [-0.25, -0.2) is 13.1 Å². The van der Waals surface area contributed by atoms with Gasteiger partial charge in [-0.05, 0) is 25.2 Å². The van der Waals surface area contributed by atoms with Gasteiger partial charge in [0, 0.05) is 29.7 Å². The second kappa shape index (κ2) is 7.81. The summed E-state index contributed by atoms with van der Waals surface area (Å²) in [7, 11) is -2.52. The zero-order valence-corrected chi connectivity index (χ0v) is 16.0. The Morgan fingerprint density at radius 1 is 1.30 bits per heavy atom. The van der Waals surface area contributed by atoms with Gasteiger partial charge in [-0.1, -0.05) is 29.8 Å². The minimum absolute atomic E-state index is 0.156. The topological polar surface area (TPSA) is 102 Å². The lowest BCUT2D eigenvalue weighted by atomic mass is 10.1. The summed E-state index contributed by atoms with van der Waals surface area (Å²) in [5.41, 5.74) is 0.877. The molecule has 0 radical (unpaired) electrons. The van der Waals surface area contributed by atoms with Crippen LogP contribution < -0.4 is 9.62 Å². The molecule has 0 saturated carbocycles. The van der Waals surface area contributed by atoms with Crippen LogP contribution in [0.25, 0.3) is 0 Å². The molecule has 1 fully saturated rings. The third-order valence-corrected chi connectivity index (χ3v) is 6.14. The van der Waals surface area contributed by atoms with Crippen LogP contribution in [0, 0.1) is 10.1 Å². The predicted molar refractivity (Wildman–Crippen MR) is 102 cm³/mol. The largest absolute Gasteiger partial charge is 0.370 e. The van der Waals surface area contributed by atoms with E-state index in [1.54, 1.807) is 6.07 Å². The first-order valence-corrected chi connectivity index (χ1v) is 10.0. The van der Waals surface area contributed by atoms with Crippen molar-refractivity contribution in [3.8, 4) is 0 Å². The Morgan fingerprint density at radius 2 is 2.04 bits per heavy atom. The van der Waals surface area contributed by atoms with E-state index < -0.39 is 14.9 Å². The van der Waals surface area contributed by atoms with Gasteiger partial charge in [0.2, 0.25) is 10.0 Å². The smallest absolute Gasteiger partial charge is 0.293 e. The summed E-state index contributed by atoms with van der Waals surface area (Å²) in [6.45, 7) is 1.17. The molecular weight excluding hydrogens is 394 g/mol. The maximum atomic E-state index is 12.0. The van der Waals surface area contributed by atoms with Crippen molar-refractivity contribution in [3.05, 3.63) is 63.2 Å². The van der Waals surface area contributed by atoms with E-state index >= 15 is 0 Å². The maximum absolute atomic E-state index is 12.0. The fourth-order valence-electron chi connectivity index (χ4n) is 2.99. The second-order valence-electron chi connectivity index (χ2n) is 5.94. The lowest BCUT2D eigenvalue weighted by molar-refractivity contribution is -0.384. The van der Waals surface area contributed by atoms with Crippen molar-refractivity contribution in [1.29, 1.82) is 0 Å². The number of morpholine rings is 1. The Morgan fingerprint density at radius 3 is 2.70 bits per heavy atom. The third kappa shape index (κ3) is 4.06. The number of nitro benzene ring substituents is 1. The molecule has 2 aromatic carbocycles. The summed E-state index contributed by atoms with van der Waals surface area (Å²) in [6.07, 6.45) is -0.340. The number of halogens is 1. The lowest BCUT2D eigenvalue weighted by Crippen LogP contribution is -2.38. The van der Waals surface area contributed by atoms with Crippen LogP contribution in [0.2, 0.25) is 5.02 Å². The highest BCUT2D eigenvalue weighted by atomic mass is 35.5. The first-order valence-electron chi connectivity index (χ1n) is 8.16. The molecule has 1 heterocycles. The summed E-state index contributed by atoms with van der Waals surface area (Å²) >= 11 is 6.24. The summed E-state index contributed by atoms with van der Waals surface area (Å²) < 4.78 is 31.9. The molecule has 3 rings (SSSR count). The van der Waals surface area contributed by atoms with E-state index in [2.05, 4.69) is 4.72 Å². The van der Waals surface area contributed by atoms with Crippen molar-refractivity contribution >= 4 is 33.0 Å². The minimum Gasteiger partial charge on any atom is -0.370 e. The number of hydrogen-bond acceptors (Lipinski definition) is 6. The normalized spacial score (nSPS) is 17.7. The number of nitrogens with one attached hydrogen (secondary N) is 1. The summed E-state index contributed by atoms with van der Waals surface area (Å²) in [5.74, 6) is 0. The zero-order valence-electron chi connectivity index (χ0n) is 14.5. The standard InChI is InChI=1S/C17H18ClN3O5S/c1-19-27(24,25)12-6-7-15(16(10-12)21(22)23)20-8-9-26-17(11-20)13-4-2-3-5-14(13)18/h2-7,10,17,19H,8-9,11H2,1H3. The van der Waals surface area contributed by atoms with Crippen molar-refractivity contribution in [2.24, 2.45) is 0 Å². The molecule has 0 bridgehead atoms. The SMILES string of the molecule is CNS(=O)(=O)c1ccc(N2CCOC(c3ccccc3Cl)C2)c([N+](=O)[O-])c1. The van der Waals surface area contributed by atoms with Crippen LogP contribution >= 0.6 is 11.6 Å². The van der Waals surface area contributed by atoms with Crippen molar-refractivity contribution < 1.29 is 18.1 Å². The summed E-state index contributed by atoms with van der Waals surface area (Å²) in [6, 6.07) is 11.2. The first kappa shape index (κ1) is 19.6. The van der Waals surface area contributed by atoms with Gasteiger partial charge >= 0.3 is 0 Å². The second-order valence-corrected chi connectivity index (χ2v) is 8.24. The van der Waals surface area contributed by atoms with Crippen LogP contribution in [0.4, 0.5) is 11.4 Å². The van der Waals surface area contributed by atoms with Crippen molar-refractivity contribution in [2.75, 3.05) is 31.6 Å². The van der Waals surface area contributed by atoms with Gasteiger partial charge in [-0.2, -0.15) is 0 Å². The molecule has 0 aliphatic carbocycles. The minimum atomic E-state index is -3.78. The number of nitro groups is 1. The Kier molecular flexibility index (Phi) is 5.66. The zero-order chi connectivity index (χ0) is 19.6. The predicted octanol–water partition coefficient (Wildman–Crippen LogP) is 2.73. The summed E-state index contributed by atoms with van der Waals surface area (Å²) in [4.78, 5) is 12.6. The molecule has 1 aliphatic heterocycles. The van der Waals surface area contributed by atoms with Gasteiger partial charge in [-0.15, -0.1) is 0 Å². The first-order chi connectivity index (χ1) is 12.8. The number of anilines is 1. The number of hydrogen-bond donors (Lipinski definition) is 1. The van der Waals surface area contributed by atoms with Crippen LogP contribution in [0.1, 0.15) is 11.7 Å². The summed E-state index contributed by atoms with van der Waals surface area (Å²) in [5, 5.41) is 12.1. The van der Waals surface area contributed by atoms with E-state index in [0.717, 1.165) is 11.6 Å². The van der Waals surface area contributed by atoms with Crippen LogP contribution in [-0.4, -0.2) is 40.1 Å². The Labute approximate surface area is 161 Å². The molecule has 1 saturated heterocycles. The molecule has 8 nitrogen and oxygen atoms in total. The van der Waals surface area contributed by atoms with Crippen molar-refractivity contribution in [1.82, 2.24) is 4.72 Å². The Balaban J connectivity index is 1.95. The van der Waals surface area contributed by atoms with E-state index in [-0.39, 0.29) is 16.7 Å². The van der Waals surface area contributed by atoms with E-state index in [1.165, 1.54) is 19.2 Å². The average Bonchev–Trinajstić information content (AvgIpc) is 2.68. The molecule has 0 amide bonds. The van der Waals surface area contributed by atoms with E-state index in [0.29, 0.717) is 30.4 Å². The number of rotatable bonds is 5. The van der Waals surface area contributed by atoms with Gasteiger partial charge in [-0.3, -0.25) is 10.1 Å². The lowest BCUT2D eigenvalue weighted by Gasteiger charge is -2.34. The van der Waals surface area contributed by atoms with Gasteiger partial charge in [0.25, 0.3) is 5.69 Å². The molecular formula is C17H18ClN3O5S. The molecule has 1 N–H and O–H groups in total. The fourth-order valence-corrected chi connectivity index (χ4v) is 4.00. The van der Waals surface area contributed by atoms with Crippen LogP contribution in [0.5, 0.6) is 0 Å². The molecule has 10 heteroatoms. The van der Waals surface area contributed by atoms with Gasteiger partial charge in [0.15, 0.2) is 0 Å². The number of nitrogens with zero attached hydrogens (tertiary/aromatic N) is 2. The Bertz CT molecular complexity index is 967.